The van der Waals surface area contributed by atoms with Crippen LogP contribution in [0, 0.1) is 0 Å². The van der Waals surface area contributed by atoms with Crippen LogP contribution in [0.5, 0.6) is 0 Å². The van der Waals surface area contributed by atoms with Crippen molar-refractivity contribution < 1.29 is 23.1 Å². The Morgan fingerprint density at radius 3 is 1.70 bits per heavy atom. The first-order chi connectivity index (χ1) is 4.19. The van der Waals surface area contributed by atoms with Crippen LogP contribution in [-0.4, -0.2) is 22.7 Å². The molecule has 0 unspecified atom stereocenters. The van der Waals surface area contributed by atoms with E-state index in [1.165, 1.54) is 0 Å². The van der Waals surface area contributed by atoms with E-state index in [4.69, 9.17) is 5.11 Å². The van der Waals surface area contributed by atoms with E-state index in [0.29, 0.717) is 13.8 Å². The highest BCUT2D eigenvalue weighted by Crippen LogP contribution is 2.30. The average Bonchev–Trinajstić information content (AvgIpc) is 1.62. The fraction of sp³-hybridized carbons (Fsp3) is 0.800. The number of alkyl halides is 3. The molecule has 10 heavy (non-hydrogen) atoms. The predicted molar refractivity (Wildman–Crippen MR) is 27.4 cm³/mol. The molecule has 0 aliphatic heterocycles. The van der Waals surface area contributed by atoms with Gasteiger partial charge in [0.1, 0.15) is 0 Å². The molecule has 0 radical (unpaired) electrons. The molecule has 0 aromatic heterocycles. The molecule has 0 fully saturated rings. The van der Waals surface area contributed by atoms with Crippen LogP contribution in [-0.2, 0) is 4.79 Å². The maximum Gasteiger partial charge on any atom is 0.424 e. The van der Waals surface area contributed by atoms with E-state index in [1.807, 2.05) is 0 Å². The van der Waals surface area contributed by atoms with E-state index in [2.05, 4.69) is 0 Å². The number of Topliss-reactive ketones (excluding diaryl/α,β-unsaturated/α-hetero) is 1. The Hall–Kier alpha value is -0.580. The smallest absolute Gasteiger partial charge is 0.374 e. The van der Waals surface area contributed by atoms with Crippen LogP contribution in [0.25, 0.3) is 0 Å². The van der Waals surface area contributed by atoms with Gasteiger partial charge in [-0.25, -0.2) is 0 Å². The number of hydrogen-bond acceptors (Lipinski definition) is 2. The Labute approximate surface area is 55.7 Å². The molecule has 0 heterocycles. The summed E-state index contributed by atoms with van der Waals surface area (Å²) in [5.74, 6) is -1.31. The zero-order chi connectivity index (χ0) is 8.58. The minimum atomic E-state index is -4.88. The first-order valence-corrected chi connectivity index (χ1v) is 2.49. The number of ketones is 1. The van der Waals surface area contributed by atoms with Crippen molar-refractivity contribution >= 4 is 5.78 Å². The van der Waals surface area contributed by atoms with E-state index in [0.717, 1.165) is 0 Å². The van der Waals surface area contributed by atoms with E-state index in [1.54, 1.807) is 0 Å². The van der Waals surface area contributed by atoms with Gasteiger partial charge in [-0.15, -0.1) is 0 Å². The maximum absolute atomic E-state index is 11.6. The van der Waals surface area contributed by atoms with Crippen molar-refractivity contribution in [3.05, 3.63) is 0 Å². The van der Waals surface area contributed by atoms with Crippen molar-refractivity contribution in [3.63, 3.8) is 0 Å². The summed E-state index contributed by atoms with van der Waals surface area (Å²) in [7, 11) is 0. The first-order valence-electron chi connectivity index (χ1n) is 2.49. The van der Waals surface area contributed by atoms with Gasteiger partial charge in [-0.3, -0.25) is 4.79 Å². The molecule has 60 valence electrons. The minimum absolute atomic E-state index is 0.426. The summed E-state index contributed by atoms with van der Waals surface area (Å²) in [5, 5.41) is 8.45. The van der Waals surface area contributed by atoms with Crippen molar-refractivity contribution in [1.82, 2.24) is 0 Å². The second-order valence-corrected chi connectivity index (χ2v) is 2.13. The number of carbonyl (C=O) groups excluding carboxylic acids is 1. The van der Waals surface area contributed by atoms with E-state index < -0.39 is 17.6 Å². The van der Waals surface area contributed by atoms with Gasteiger partial charge < -0.3 is 5.11 Å². The Morgan fingerprint density at radius 1 is 1.40 bits per heavy atom. The SMILES string of the molecule is CC(=O)[C@@](C)(O)C(F)(F)F. The zero-order valence-corrected chi connectivity index (χ0v) is 5.49. The third-order valence-electron chi connectivity index (χ3n) is 1.24. The normalized spacial score (nSPS) is 18.2. The monoisotopic (exact) mass is 156 g/mol. The third kappa shape index (κ3) is 1.47. The van der Waals surface area contributed by atoms with Gasteiger partial charge in [0.05, 0.1) is 0 Å². The van der Waals surface area contributed by atoms with Crippen LogP contribution in [0.1, 0.15) is 13.8 Å². The first kappa shape index (κ1) is 9.42. The zero-order valence-electron chi connectivity index (χ0n) is 5.49. The van der Waals surface area contributed by atoms with Gasteiger partial charge in [0.2, 0.25) is 5.60 Å². The lowest BCUT2D eigenvalue weighted by Crippen LogP contribution is -2.48. The van der Waals surface area contributed by atoms with Crippen LogP contribution in [0.15, 0.2) is 0 Å². The lowest BCUT2D eigenvalue weighted by molar-refractivity contribution is -0.243. The van der Waals surface area contributed by atoms with Crippen molar-refractivity contribution in [3.8, 4) is 0 Å². The topological polar surface area (TPSA) is 37.3 Å². The number of carbonyl (C=O) groups is 1. The fourth-order valence-electron chi connectivity index (χ4n) is 0.200. The highest BCUT2D eigenvalue weighted by atomic mass is 19.4. The van der Waals surface area contributed by atoms with Crippen molar-refractivity contribution in [1.29, 1.82) is 0 Å². The molecule has 0 saturated heterocycles. The second kappa shape index (κ2) is 2.23. The maximum atomic E-state index is 11.6. The number of rotatable bonds is 1. The van der Waals surface area contributed by atoms with Gasteiger partial charge in [-0.2, -0.15) is 13.2 Å². The largest absolute Gasteiger partial charge is 0.424 e. The van der Waals surface area contributed by atoms with Crippen LogP contribution < -0.4 is 0 Å². The number of hydrogen-bond donors (Lipinski definition) is 1. The van der Waals surface area contributed by atoms with E-state index >= 15 is 0 Å². The Bertz CT molecular complexity index is 147. The van der Waals surface area contributed by atoms with Gasteiger partial charge in [0.25, 0.3) is 0 Å². The quantitative estimate of drug-likeness (QED) is 0.612. The lowest BCUT2D eigenvalue weighted by Gasteiger charge is -2.22. The Balaban J connectivity index is 4.57. The van der Waals surface area contributed by atoms with Gasteiger partial charge >= 0.3 is 6.18 Å². The van der Waals surface area contributed by atoms with Crippen molar-refractivity contribution in [2.45, 2.75) is 25.6 Å². The summed E-state index contributed by atoms with van der Waals surface area (Å²) in [6.07, 6.45) is -4.88. The van der Waals surface area contributed by atoms with Gasteiger partial charge in [0.15, 0.2) is 5.78 Å². The standard InChI is InChI=1S/C5H7F3O2/c1-3(9)4(2,10)5(6,7)8/h10H,1-2H3/t4-/m1/s1. The molecule has 5 heteroatoms. The molecule has 0 saturated carbocycles. The lowest BCUT2D eigenvalue weighted by atomic mass is 10.0. The molecular formula is C5H7F3O2. The molecule has 2 nitrogen and oxygen atoms in total. The second-order valence-electron chi connectivity index (χ2n) is 2.13. The molecule has 0 aliphatic rings. The molecule has 0 aromatic rings. The molecule has 1 N–H and O–H groups in total. The van der Waals surface area contributed by atoms with Crippen LogP contribution >= 0.6 is 0 Å². The molecule has 0 bridgehead atoms. The van der Waals surface area contributed by atoms with Crippen LogP contribution in [0.4, 0.5) is 13.2 Å². The average molecular weight is 156 g/mol. The number of halogens is 3. The molecule has 0 rings (SSSR count). The van der Waals surface area contributed by atoms with E-state index in [-0.39, 0.29) is 0 Å². The summed E-state index contributed by atoms with van der Waals surface area (Å²) in [5.41, 5.74) is -3.20. The third-order valence-corrected chi connectivity index (χ3v) is 1.24. The molecule has 0 spiro atoms. The summed E-state index contributed by atoms with van der Waals surface area (Å²) in [6, 6.07) is 0. The molecule has 0 amide bonds. The van der Waals surface area contributed by atoms with Crippen molar-refractivity contribution in [2.24, 2.45) is 0 Å². The summed E-state index contributed by atoms with van der Waals surface area (Å²) >= 11 is 0. The molecular weight excluding hydrogens is 149 g/mol. The fourth-order valence-corrected chi connectivity index (χ4v) is 0.200. The number of aliphatic hydroxyl groups is 1. The van der Waals surface area contributed by atoms with Crippen LogP contribution in [0.2, 0.25) is 0 Å². The summed E-state index contributed by atoms with van der Waals surface area (Å²) < 4.78 is 34.8. The Kier molecular flexibility index (Phi) is 2.10. The van der Waals surface area contributed by atoms with Crippen LogP contribution in [0.3, 0.4) is 0 Å². The van der Waals surface area contributed by atoms with Gasteiger partial charge in [-0.1, -0.05) is 0 Å². The Morgan fingerprint density at radius 2 is 1.70 bits per heavy atom. The van der Waals surface area contributed by atoms with E-state index in [9.17, 15) is 18.0 Å². The summed E-state index contributed by atoms with van der Waals surface area (Å²) in [4.78, 5) is 10.1. The van der Waals surface area contributed by atoms with Gasteiger partial charge in [0, 0.05) is 0 Å². The molecule has 0 aromatic carbocycles. The molecule has 1 atom stereocenters. The predicted octanol–water partition coefficient (Wildman–Crippen LogP) is 0.889. The van der Waals surface area contributed by atoms with Crippen molar-refractivity contribution in [2.75, 3.05) is 0 Å². The highest BCUT2D eigenvalue weighted by molar-refractivity contribution is 5.85. The van der Waals surface area contributed by atoms with Gasteiger partial charge in [-0.05, 0) is 13.8 Å². The minimum Gasteiger partial charge on any atom is -0.374 e. The molecule has 0 aliphatic carbocycles. The highest BCUT2D eigenvalue weighted by Gasteiger charge is 2.53. The summed E-state index contributed by atoms with van der Waals surface area (Å²) in [6.45, 7) is 1.11.